The topological polar surface area (TPSA) is 77.5 Å². The van der Waals surface area contributed by atoms with Gasteiger partial charge in [-0.15, -0.1) is 0 Å². The normalized spacial score (nSPS) is 12.0. The second-order valence-corrected chi connectivity index (χ2v) is 8.00. The van der Waals surface area contributed by atoms with E-state index in [2.05, 4.69) is 10.3 Å². The first-order chi connectivity index (χ1) is 14.5. The smallest absolute Gasteiger partial charge is 0.322 e. The summed E-state index contributed by atoms with van der Waals surface area (Å²) in [6.45, 7) is 5.65. The van der Waals surface area contributed by atoms with Crippen molar-refractivity contribution in [2.24, 2.45) is 5.92 Å². The number of hydrogen-bond acceptors (Lipinski definition) is 7. The summed E-state index contributed by atoms with van der Waals surface area (Å²) in [6, 6.07) is 12.2. The molecular formula is C22H23ClN2O4S. The van der Waals surface area contributed by atoms with Crippen LogP contribution in [-0.4, -0.2) is 30.1 Å². The van der Waals surface area contributed by atoms with Crippen molar-refractivity contribution >= 4 is 50.2 Å². The average molecular weight is 447 g/mol. The molecule has 0 bridgehead atoms. The van der Waals surface area contributed by atoms with Crippen LogP contribution < -0.4 is 5.32 Å². The lowest BCUT2D eigenvalue weighted by molar-refractivity contribution is -0.162. The van der Waals surface area contributed by atoms with E-state index >= 15 is 0 Å². The number of benzene rings is 2. The van der Waals surface area contributed by atoms with Crippen molar-refractivity contribution in [3.63, 3.8) is 0 Å². The number of fused-ring (bicyclic) bond motifs is 1. The number of carbonyl (C=O) groups is 2. The van der Waals surface area contributed by atoms with Gasteiger partial charge in [0.25, 0.3) is 0 Å². The summed E-state index contributed by atoms with van der Waals surface area (Å²) in [5.74, 6) is -2.59. The fourth-order valence-electron chi connectivity index (χ4n) is 3.18. The number of hydrogen-bond donors (Lipinski definition) is 1. The molecule has 6 nitrogen and oxygen atoms in total. The molecule has 0 spiro atoms. The zero-order valence-corrected chi connectivity index (χ0v) is 18.5. The molecule has 0 radical (unpaired) electrons. The highest BCUT2D eigenvalue weighted by molar-refractivity contribution is 7.22. The number of thiazole rings is 1. The van der Waals surface area contributed by atoms with Gasteiger partial charge in [0, 0.05) is 5.02 Å². The number of ether oxygens (including phenoxy) is 2. The maximum Gasteiger partial charge on any atom is 0.322 e. The van der Waals surface area contributed by atoms with Gasteiger partial charge in [-0.3, -0.25) is 9.59 Å². The number of nitrogens with zero attached hydrogens (tertiary/aromatic N) is 1. The van der Waals surface area contributed by atoms with Crippen molar-refractivity contribution in [3.05, 3.63) is 58.6 Å². The number of aryl methyl sites for hydroxylation is 1. The predicted octanol–water partition coefficient (Wildman–Crippen LogP) is 5.15. The molecule has 1 heterocycles. The van der Waals surface area contributed by atoms with E-state index in [4.69, 9.17) is 21.1 Å². The molecule has 1 N–H and O–H groups in total. The largest absolute Gasteiger partial charge is 0.465 e. The highest BCUT2D eigenvalue weighted by Gasteiger charge is 2.40. The van der Waals surface area contributed by atoms with Gasteiger partial charge < -0.3 is 14.8 Å². The number of esters is 2. The molecule has 0 aliphatic rings. The standard InChI is InChI=1S/C22H23ClN2O4S/c1-4-28-20(26)17(21(27)29-5-2)19(14-10-6-7-11-15(14)23)25-22-24-18-13(3)9-8-12-16(18)30-22/h6-12,17,19H,4-5H2,1-3H3,(H,24,25). The van der Waals surface area contributed by atoms with E-state index < -0.39 is 23.9 Å². The van der Waals surface area contributed by atoms with E-state index in [1.165, 1.54) is 11.3 Å². The summed E-state index contributed by atoms with van der Waals surface area (Å²) in [4.78, 5) is 30.2. The van der Waals surface area contributed by atoms with Crippen LogP contribution in [-0.2, 0) is 19.1 Å². The molecule has 2 aromatic carbocycles. The number of anilines is 1. The Morgan fingerprint density at radius 3 is 2.33 bits per heavy atom. The van der Waals surface area contributed by atoms with E-state index in [1.54, 1.807) is 38.1 Å². The van der Waals surface area contributed by atoms with Gasteiger partial charge >= 0.3 is 11.9 Å². The van der Waals surface area contributed by atoms with Crippen LogP contribution in [0.4, 0.5) is 5.13 Å². The molecular weight excluding hydrogens is 424 g/mol. The Morgan fingerprint density at radius 1 is 1.07 bits per heavy atom. The molecule has 0 aliphatic carbocycles. The summed E-state index contributed by atoms with van der Waals surface area (Å²) in [5.41, 5.74) is 2.49. The van der Waals surface area contributed by atoms with Gasteiger partial charge in [-0.2, -0.15) is 0 Å². The molecule has 8 heteroatoms. The van der Waals surface area contributed by atoms with E-state index in [-0.39, 0.29) is 13.2 Å². The van der Waals surface area contributed by atoms with E-state index in [0.29, 0.717) is 15.7 Å². The number of nitrogens with one attached hydrogen (secondary N) is 1. The van der Waals surface area contributed by atoms with Crippen LogP contribution in [0.1, 0.15) is 31.0 Å². The van der Waals surface area contributed by atoms with Gasteiger partial charge in [0.05, 0.1) is 29.5 Å². The van der Waals surface area contributed by atoms with Crippen molar-refractivity contribution in [3.8, 4) is 0 Å². The van der Waals surface area contributed by atoms with Gasteiger partial charge in [-0.25, -0.2) is 4.98 Å². The maximum absolute atomic E-state index is 12.8. The molecule has 0 fully saturated rings. The summed E-state index contributed by atoms with van der Waals surface area (Å²) in [5, 5.41) is 4.25. The minimum atomic E-state index is -1.24. The third-order valence-electron chi connectivity index (χ3n) is 4.55. The van der Waals surface area contributed by atoms with Gasteiger partial charge in [0.1, 0.15) is 0 Å². The number of rotatable bonds is 8. The SMILES string of the molecule is CCOC(=O)C(C(=O)OCC)C(Nc1nc2c(C)cccc2s1)c1ccccc1Cl. The van der Waals surface area contributed by atoms with Crippen molar-refractivity contribution in [2.75, 3.05) is 18.5 Å². The molecule has 0 amide bonds. The number of para-hydroxylation sites is 1. The van der Waals surface area contributed by atoms with E-state index in [9.17, 15) is 9.59 Å². The lowest BCUT2D eigenvalue weighted by Crippen LogP contribution is -2.37. The van der Waals surface area contributed by atoms with Crippen LogP contribution in [0.5, 0.6) is 0 Å². The zero-order chi connectivity index (χ0) is 21.7. The van der Waals surface area contributed by atoms with Crippen LogP contribution >= 0.6 is 22.9 Å². The number of halogens is 1. The summed E-state index contributed by atoms with van der Waals surface area (Å²) >= 11 is 7.87. The molecule has 0 saturated heterocycles. The average Bonchev–Trinajstić information content (AvgIpc) is 3.12. The molecule has 158 valence electrons. The van der Waals surface area contributed by atoms with Crippen molar-refractivity contribution in [1.82, 2.24) is 4.98 Å². The molecule has 30 heavy (non-hydrogen) atoms. The molecule has 0 saturated carbocycles. The van der Waals surface area contributed by atoms with Gasteiger partial charge in [-0.1, -0.05) is 53.3 Å². The Bertz CT molecular complexity index is 1030. The van der Waals surface area contributed by atoms with Crippen LogP contribution in [0.2, 0.25) is 5.02 Å². The van der Waals surface area contributed by atoms with Crippen molar-refractivity contribution in [2.45, 2.75) is 26.8 Å². The lowest BCUT2D eigenvalue weighted by Gasteiger charge is -2.26. The molecule has 1 aromatic heterocycles. The van der Waals surface area contributed by atoms with Gasteiger partial charge in [-0.05, 0) is 44.0 Å². The summed E-state index contributed by atoms with van der Waals surface area (Å²) < 4.78 is 11.4. The fraction of sp³-hybridized carbons (Fsp3) is 0.318. The van der Waals surface area contributed by atoms with Crippen LogP contribution in [0.25, 0.3) is 10.2 Å². The molecule has 1 atom stereocenters. The van der Waals surface area contributed by atoms with Crippen molar-refractivity contribution < 1.29 is 19.1 Å². The first kappa shape index (κ1) is 22.1. The van der Waals surface area contributed by atoms with E-state index in [0.717, 1.165) is 15.8 Å². The van der Waals surface area contributed by atoms with Crippen LogP contribution in [0, 0.1) is 12.8 Å². The van der Waals surface area contributed by atoms with Crippen molar-refractivity contribution in [1.29, 1.82) is 0 Å². The maximum atomic E-state index is 12.8. The third-order valence-corrected chi connectivity index (χ3v) is 5.85. The predicted molar refractivity (Wildman–Crippen MR) is 119 cm³/mol. The second kappa shape index (κ2) is 9.91. The fourth-order valence-corrected chi connectivity index (χ4v) is 4.42. The molecule has 0 aliphatic heterocycles. The first-order valence-electron chi connectivity index (χ1n) is 9.66. The zero-order valence-electron chi connectivity index (χ0n) is 17.0. The summed E-state index contributed by atoms with van der Waals surface area (Å²) in [7, 11) is 0. The minimum absolute atomic E-state index is 0.143. The van der Waals surface area contributed by atoms with Crippen LogP contribution in [0.15, 0.2) is 42.5 Å². The van der Waals surface area contributed by atoms with Crippen LogP contribution in [0.3, 0.4) is 0 Å². The third kappa shape index (κ3) is 4.74. The Hall–Kier alpha value is -2.64. The lowest BCUT2D eigenvalue weighted by atomic mass is 9.92. The Balaban J connectivity index is 2.08. The number of carbonyl (C=O) groups excluding carboxylic acids is 2. The minimum Gasteiger partial charge on any atom is -0.465 e. The number of aromatic nitrogens is 1. The summed E-state index contributed by atoms with van der Waals surface area (Å²) in [6.07, 6.45) is 0. The van der Waals surface area contributed by atoms with E-state index in [1.807, 2.05) is 25.1 Å². The van der Waals surface area contributed by atoms with Gasteiger partial charge in [0.15, 0.2) is 11.0 Å². The molecule has 3 rings (SSSR count). The first-order valence-corrected chi connectivity index (χ1v) is 10.9. The Morgan fingerprint density at radius 2 is 1.73 bits per heavy atom. The molecule has 3 aromatic rings. The monoisotopic (exact) mass is 446 g/mol. The highest BCUT2D eigenvalue weighted by Crippen LogP contribution is 2.36. The highest BCUT2D eigenvalue weighted by atomic mass is 35.5. The quantitative estimate of drug-likeness (QED) is 0.380. The Kier molecular flexibility index (Phi) is 7.29. The van der Waals surface area contributed by atoms with Gasteiger partial charge in [0.2, 0.25) is 0 Å². The molecule has 1 unspecified atom stereocenters. The second-order valence-electron chi connectivity index (χ2n) is 6.57. The Labute approximate surface area is 184 Å².